The maximum absolute atomic E-state index is 14.1. The largest absolute Gasteiger partial charge is 0.481 e. The minimum atomic E-state index is -1.55. The number of hydrogen-bond acceptors (Lipinski definition) is 12. The monoisotopic (exact) mass is 1060 g/mol. The Labute approximate surface area is 444 Å². The van der Waals surface area contributed by atoms with Gasteiger partial charge < -0.3 is 41.3 Å². The van der Waals surface area contributed by atoms with Gasteiger partial charge in [0.25, 0.3) is 11.8 Å². The lowest BCUT2D eigenvalue weighted by atomic mass is 9.89. The van der Waals surface area contributed by atoms with Crippen molar-refractivity contribution in [2.75, 3.05) is 26.3 Å². The molecule has 3 rings (SSSR count). The van der Waals surface area contributed by atoms with E-state index in [9.17, 15) is 63.0 Å². The molecule has 20 heteroatoms. The predicted octanol–water partition coefficient (Wildman–Crippen LogP) is 5.53. The van der Waals surface area contributed by atoms with E-state index in [4.69, 9.17) is 9.84 Å². The number of ketones is 3. The minimum Gasteiger partial charge on any atom is -0.481 e. The highest BCUT2D eigenvalue weighted by Gasteiger charge is 2.40. The Hall–Kier alpha value is -7.09. The number of unbranched alkanes of at least 4 members (excludes halogenated alkanes) is 5. The first-order valence-corrected chi connectivity index (χ1v) is 26.3. The molecule has 4 atom stereocenters. The van der Waals surface area contributed by atoms with E-state index in [1.165, 1.54) is 0 Å². The van der Waals surface area contributed by atoms with Crippen molar-refractivity contribution in [3.05, 3.63) is 82.9 Å². The van der Waals surface area contributed by atoms with Gasteiger partial charge in [0.2, 0.25) is 11.8 Å². The highest BCUT2D eigenvalue weighted by Crippen LogP contribution is 2.31. The Bertz CT molecular complexity index is 2310. The van der Waals surface area contributed by atoms with Crippen molar-refractivity contribution in [1.82, 2.24) is 26.2 Å². The Morgan fingerprint density at radius 3 is 1.58 bits per heavy atom. The number of rotatable bonds is 39. The smallest absolute Gasteiger partial charge is 0.326 e. The van der Waals surface area contributed by atoms with Gasteiger partial charge in [-0.15, -0.1) is 0 Å². The second-order valence-electron chi connectivity index (χ2n) is 19.7. The molecule has 416 valence electrons. The number of amides is 6. The number of Topliss-reactive ketones (excluding diaryl/α,β-unsaturated/α-hetero) is 3. The molecule has 7 N–H and O–H groups in total. The fourth-order valence-corrected chi connectivity index (χ4v) is 8.76. The van der Waals surface area contributed by atoms with Crippen LogP contribution in [0.25, 0.3) is 0 Å². The van der Waals surface area contributed by atoms with E-state index < -0.39 is 60.8 Å². The van der Waals surface area contributed by atoms with E-state index in [0.717, 1.165) is 28.9 Å². The molecule has 2 aromatic carbocycles. The van der Waals surface area contributed by atoms with Gasteiger partial charge in [-0.05, 0) is 61.5 Å². The van der Waals surface area contributed by atoms with Crippen LogP contribution >= 0.6 is 0 Å². The molecule has 20 nitrogen and oxygen atoms in total. The number of imide groups is 1. The number of hydrogen-bond donors (Lipinski definition) is 7. The second-order valence-corrected chi connectivity index (χ2v) is 19.7. The molecule has 0 aromatic heterocycles. The quantitative estimate of drug-likeness (QED) is 0.0320. The summed E-state index contributed by atoms with van der Waals surface area (Å²) >= 11 is 0. The fourth-order valence-electron chi connectivity index (χ4n) is 8.76. The van der Waals surface area contributed by atoms with Crippen LogP contribution in [-0.2, 0) is 65.5 Å². The van der Waals surface area contributed by atoms with Crippen LogP contribution in [0.2, 0.25) is 0 Å². The van der Waals surface area contributed by atoms with Crippen LogP contribution in [0.5, 0.6) is 0 Å². The zero-order chi connectivity index (χ0) is 56.2. The number of nitrogens with zero attached hydrogens (tertiary/aromatic N) is 1. The number of carboxylic acids is 3. The first-order valence-electron chi connectivity index (χ1n) is 26.3. The average molecular weight is 1060 g/mol. The van der Waals surface area contributed by atoms with Crippen molar-refractivity contribution in [2.45, 2.75) is 155 Å². The van der Waals surface area contributed by atoms with E-state index in [-0.39, 0.29) is 137 Å². The summed E-state index contributed by atoms with van der Waals surface area (Å²) in [5.74, 6) is -7.21. The summed E-state index contributed by atoms with van der Waals surface area (Å²) in [5, 5.41) is 37.5. The van der Waals surface area contributed by atoms with Gasteiger partial charge in [-0.1, -0.05) is 114 Å². The summed E-state index contributed by atoms with van der Waals surface area (Å²) in [7, 11) is 0. The van der Waals surface area contributed by atoms with Gasteiger partial charge in [-0.3, -0.25) is 43.3 Å². The fraction of sp³-hybridized carbons (Fsp3) is 0.554. The summed E-state index contributed by atoms with van der Waals surface area (Å²) < 4.78 is 5.65. The zero-order valence-electron chi connectivity index (χ0n) is 44.3. The lowest BCUT2D eigenvalue weighted by Crippen LogP contribution is -2.51. The molecule has 0 saturated heterocycles. The van der Waals surface area contributed by atoms with Crippen molar-refractivity contribution in [3.8, 4) is 0 Å². The van der Waals surface area contributed by atoms with E-state index in [0.29, 0.717) is 36.8 Å². The lowest BCUT2D eigenvalue weighted by Gasteiger charge is -2.22. The zero-order valence-corrected chi connectivity index (χ0v) is 44.3. The SMILES string of the molecule is CC(C)C1=C(C(C)C)C(=O)N(CCC(=O)CCOCCNC(=O)[C@@H](CC(=O)[C@H](Cc2ccccc2)NC(=O)CCCCCCCCC(=O)CC[C@H](NC(=O)N[C@@H](CCC(=O)O)C(=O)O)C(=O)O)Cc2ccccc2)C1=O. The predicted molar refractivity (Wildman–Crippen MR) is 279 cm³/mol. The van der Waals surface area contributed by atoms with Gasteiger partial charge in [0.05, 0.1) is 19.3 Å². The Morgan fingerprint density at radius 2 is 1.05 bits per heavy atom. The van der Waals surface area contributed by atoms with Gasteiger partial charge in [0, 0.05) is 75.1 Å². The van der Waals surface area contributed by atoms with Crippen LogP contribution < -0.4 is 21.3 Å². The molecule has 0 aliphatic carbocycles. The topological polar surface area (TPSA) is 309 Å². The normalized spacial score (nSPS) is 14.0. The third-order valence-corrected chi connectivity index (χ3v) is 12.9. The minimum absolute atomic E-state index is 0.00370. The van der Waals surface area contributed by atoms with Crippen LogP contribution in [0.3, 0.4) is 0 Å². The van der Waals surface area contributed by atoms with Crippen LogP contribution in [0, 0.1) is 17.8 Å². The van der Waals surface area contributed by atoms with E-state index >= 15 is 0 Å². The van der Waals surface area contributed by atoms with Crippen molar-refractivity contribution >= 4 is 64.9 Å². The van der Waals surface area contributed by atoms with Gasteiger partial charge in [0.15, 0.2) is 5.78 Å². The standard InChI is InChI=1S/C56H77N5O15/c1-36(2)49-50(37(3)4)53(70)61(52(49)69)30-27-42(63)28-31-76-32-29-57-51(68)40(33-38-17-11-9-12-18-38)35-46(64)45(34-39-19-13-10-14-20-39)58-47(65)22-16-8-6-5-7-15-21-41(62)23-24-43(54(71)72)59-56(75)60-44(55(73)74)25-26-48(66)67/h9-14,17-20,36-37,40,43-45H,5-8,15-16,21-35H2,1-4H3,(H,57,68)(H,58,65)(H,66,67)(H,71,72)(H,73,74)(H2,59,60,75)/t40-,43+,44+,45+/m1/s1. The number of aliphatic carboxylic acids is 3. The molecule has 76 heavy (non-hydrogen) atoms. The molecule has 0 unspecified atom stereocenters. The van der Waals surface area contributed by atoms with E-state index in [1.54, 1.807) is 0 Å². The van der Waals surface area contributed by atoms with Crippen LogP contribution in [-0.4, -0.2) is 130 Å². The molecule has 6 amide bonds. The number of benzene rings is 2. The van der Waals surface area contributed by atoms with Crippen molar-refractivity contribution in [2.24, 2.45) is 17.8 Å². The molecular weight excluding hydrogens is 983 g/mol. The van der Waals surface area contributed by atoms with Crippen molar-refractivity contribution in [3.63, 3.8) is 0 Å². The first kappa shape index (κ1) is 63.2. The number of urea groups is 1. The molecule has 2 aromatic rings. The summed E-state index contributed by atoms with van der Waals surface area (Å²) in [6, 6.07) is 13.5. The van der Waals surface area contributed by atoms with Crippen molar-refractivity contribution < 1.29 is 72.8 Å². The Balaban J connectivity index is 1.43. The van der Waals surface area contributed by atoms with Gasteiger partial charge >= 0.3 is 23.9 Å². The molecule has 0 fully saturated rings. The van der Waals surface area contributed by atoms with Crippen molar-refractivity contribution in [1.29, 1.82) is 0 Å². The molecule has 0 saturated carbocycles. The molecule has 1 aliphatic heterocycles. The highest BCUT2D eigenvalue weighted by molar-refractivity contribution is 6.19. The van der Waals surface area contributed by atoms with Crippen LogP contribution in [0.1, 0.15) is 135 Å². The number of ether oxygens (including phenoxy) is 1. The summed E-state index contributed by atoms with van der Waals surface area (Å²) in [6.45, 7) is 7.76. The molecule has 0 radical (unpaired) electrons. The molecule has 0 bridgehead atoms. The first-order chi connectivity index (χ1) is 36.2. The van der Waals surface area contributed by atoms with Gasteiger partial charge in [-0.2, -0.15) is 0 Å². The third kappa shape index (κ3) is 23.2. The second kappa shape index (κ2) is 33.8. The van der Waals surface area contributed by atoms with E-state index in [1.807, 2.05) is 93.7 Å². The average Bonchev–Trinajstić information content (AvgIpc) is 3.63. The van der Waals surface area contributed by atoms with Gasteiger partial charge in [-0.25, -0.2) is 14.4 Å². The number of nitrogens with one attached hydrogen (secondary N) is 4. The number of carbonyl (C=O) groups excluding carboxylic acids is 8. The maximum atomic E-state index is 14.1. The summed E-state index contributed by atoms with van der Waals surface area (Å²) in [6.07, 6.45) is 3.54. The van der Waals surface area contributed by atoms with Gasteiger partial charge in [0.1, 0.15) is 23.7 Å². The number of carboxylic acid groups (broad SMARTS) is 3. The lowest BCUT2D eigenvalue weighted by molar-refractivity contribution is -0.141. The molecule has 1 aliphatic rings. The van der Waals surface area contributed by atoms with Crippen LogP contribution in [0.4, 0.5) is 4.79 Å². The third-order valence-electron chi connectivity index (χ3n) is 12.9. The maximum Gasteiger partial charge on any atom is 0.326 e. The summed E-state index contributed by atoms with van der Waals surface area (Å²) in [4.78, 5) is 140. The highest BCUT2D eigenvalue weighted by atomic mass is 16.5. The van der Waals surface area contributed by atoms with E-state index in [2.05, 4.69) is 16.0 Å². The van der Waals surface area contributed by atoms with Crippen LogP contribution in [0.15, 0.2) is 71.8 Å². The molecular formula is C56H77N5O15. The Morgan fingerprint density at radius 1 is 0.553 bits per heavy atom. The number of carbonyl (C=O) groups is 11. The summed E-state index contributed by atoms with van der Waals surface area (Å²) in [5.41, 5.74) is 2.68. The molecule has 0 spiro atoms. The Kier molecular flexibility index (Phi) is 28.1. The molecule has 1 heterocycles.